The van der Waals surface area contributed by atoms with Crippen LogP contribution in [0.2, 0.25) is 0 Å². The second-order valence-electron chi connectivity index (χ2n) is 5.03. The molecule has 0 unspecified atom stereocenters. The minimum absolute atomic E-state index is 0.0140. The number of nitro benzene ring substituents is 1. The second kappa shape index (κ2) is 6.52. The normalized spacial score (nSPS) is 15.0. The van der Waals surface area contributed by atoms with Crippen molar-refractivity contribution in [2.24, 2.45) is 4.99 Å². The van der Waals surface area contributed by atoms with Crippen LogP contribution in [-0.2, 0) is 9.53 Å². The Hall–Kier alpha value is -3.55. The van der Waals surface area contributed by atoms with Gasteiger partial charge in [0.25, 0.3) is 0 Å². The zero-order valence-electron chi connectivity index (χ0n) is 12.9. The van der Waals surface area contributed by atoms with Crippen molar-refractivity contribution in [3.8, 4) is 5.75 Å². The molecule has 0 radical (unpaired) electrons. The number of aliphatic imine (C=N–C) groups is 1. The highest BCUT2D eigenvalue weighted by Gasteiger charge is 2.26. The number of nitrogens with zero attached hydrogens (tertiary/aromatic N) is 2. The van der Waals surface area contributed by atoms with Crippen molar-refractivity contribution in [3.05, 3.63) is 75.2 Å². The first-order valence-corrected chi connectivity index (χ1v) is 7.09. The molecule has 0 N–H and O–H groups in total. The minimum Gasteiger partial charge on any atom is -0.490 e. The SMILES string of the molecule is COc1ccc(C2=N/C(=C\c3ccc(F)cc3)C(=O)O2)cc1[N+](=O)[O-]. The van der Waals surface area contributed by atoms with Crippen LogP contribution in [0.4, 0.5) is 10.1 Å². The van der Waals surface area contributed by atoms with Crippen molar-refractivity contribution in [2.75, 3.05) is 7.11 Å². The van der Waals surface area contributed by atoms with Crippen molar-refractivity contribution in [1.82, 2.24) is 0 Å². The van der Waals surface area contributed by atoms with Crippen LogP contribution in [0.1, 0.15) is 11.1 Å². The van der Waals surface area contributed by atoms with E-state index in [1.807, 2.05) is 0 Å². The molecule has 2 aromatic carbocycles. The molecule has 0 spiro atoms. The first-order chi connectivity index (χ1) is 12.0. The number of hydrogen-bond acceptors (Lipinski definition) is 6. The molecule has 8 heteroatoms. The number of benzene rings is 2. The van der Waals surface area contributed by atoms with Crippen molar-refractivity contribution in [2.45, 2.75) is 0 Å². The molecule has 0 bridgehead atoms. The van der Waals surface area contributed by atoms with Gasteiger partial charge >= 0.3 is 11.7 Å². The number of ether oxygens (including phenoxy) is 2. The van der Waals surface area contributed by atoms with Gasteiger partial charge in [-0.1, -0.05) is 12.1 Å². The van der Waals surface area contributed by atoms with Gasteiger partial charge in [0.05, 0.1) is 12.0 Å². The summed E-state index contributed by atoms with van der Waals surface area (Å²) >= 11 is 0. The number of cyclic esters (lactones) is 1. The van der Waals surface area contributed by atoms with E-state index in [-0.39, 0.29) is 28.6 Å². The van der Waals surface area contributed by atoms with E-state index in [4.69, 9.17) is 9.47 Å². The molecule has 126 valence electrons. The quantitative estimate of drug-likeness (QED) is 0.368. The molecule has 1 heterocycles. The number of rotatable bonds is 4. The number of methoxy groups -OCH3 is 1. The van der Waals surface area contributed by atoms with Gasteiger partial charge in [-0.3, -0.25) is 10.1 Å². The number of carbonyl (C=O) groups excluding carboxylic acids is 1. The Balaban J connectivity index is 1.96. The molecule has 25 heavy (non-hydrogen) atoms. The average molecular weight is 342 g/mol. The van der Waals surface area contributed by atoms with Gasteiger partial charge in [-0.05, 0) is 35.9 Å². The fourth-order valence-corrected chi connectivity index (χ4v) is 2.22. The van der Waals surface area contributed by atoms with Crippen LogP contribution >= 0.6 is 0 Å². The Morgan fingerprint density at radius 2 is 1.96 bits per heavy atom. The van der Waals surface area contributed by atoms with E-state index in [1.165, 1.54) is 55.7 Å². The van der Waals surface area contributed by atoms with E-state index < -0.39 is 16.7 Å². The lowest BCUT2D eigenvalue weighted by molar-refractivity contribution is -0.385. The van der Waals surface area contributed by atoms with E-state index in [9.17, 15) is 19.3 Å². The van der Waals surface area contributed by atoms with Crippen LogP contribution in [0.15, 0.2) is 53.2 Å². The summed E-state index contributed by atoms with van der Waals surface area (Å²) in [5, 5.41) is 11.1. The summed E-state index contributed by atoms with van der Waals surface area (Å²) < 4.78 is 22.9. The smallest absolute Gasteiger partial charge is 0.363 e. The predicted molar refractivity (Wildman–Crippen MR) is 86.7 cm³/mol. The number of esters is 1. The Kier molecular flexibility index (Phi) is 4.25. The number of carbonyl (C=O) groups is 1. The highest BCUT2D eigenvalue weighted by molar-refractivity contribution is 6.13. The number of nitro groups is 1. The van der Waals surface area contributed by atoms with Gasteiger partial charge in [0.1, 0.15) is 5.82 Å². The molecule has 0 fully saturated rings. The third-order valence-corrected chi connectivity index (χ3v) is 3.42. The lowest BCUT2D eigenvalue weighted by Crippen LogP contribution is -2.06. The van der Waals surface area contributed by atoms with Crippen LogP contribution in [0.3, 0.4) is 0 Å². The topological polar surface area (TPSA) is 91.0 Å². The van der Waals surface area contributed by atoms with E-state index in [0.717, 1.165) is 0 Å². The summed E-state index contributed by atoms with van der Waals surface area (Å²) in [6, 6.07) is 9.59. The van der Waals surface area contributed by atoms with Crippen molar-refractivity contribution in [1.29, 1.82) is 0 Å². The predicted octanol–water partition coefficient (Wildman–Crippen LogP) is 3.09. The van der Waals surface area contributed by atoms with Gasteiger partial charge in [0.15, 0.2) is 11.4 Å². The number of halogens is 1. The van der Waals surface area contributed by atoms with Crippen LogP contribution in [0.5, 0.6) is 5.75 Å². The molecular weight excluding hydrogens is 331 g/mol. The van der Waals surface area contributed by atoms with Crippen molar-refractivity contribution < 1.29 is 23.6 Å². The zero-order chi connectivity index (χ0) is 18.0. The van der Waals surface area contributed by atoms with Gasteiger partial charge < -0.3 is 9.47 Å². The molecule has 0 amide bonds. The van der Waals surface area contributed by atoms with Gasteiger partial charge in [0, 0.05) is 11.6 Å². The zero-order valence-corrected chi connectivity index (χ0v) is 12.9. The Labute approximate surface area is 141 Å². The molecule has 3 rings (SSSR count). The summed E-state index contributed by atoms with van der Waals surface area (Å²) in [5.41, 5.74) is 0.581. The maximum absolute atomic E-state index is 12.9. The highest BCUT2D eigenvalue weighted by Crippen LogP contribution is 2.29. The van der Waals surface area contributed by atoms with Crippen molar-refractivity contribution in [3.63, 3.8) is 0 Å². The van der Waals surface area contributed by atoms with E-state index in [0.29, 0.717) is 5.56 Å². The molecule has 7 nitrogen and oxygen atoms in total. The van der Waals surface area contributed by atoms with Crippen LogP contribution < -0.4 is 4.74 Å². The van der Waals surface area contributed by atoms with Gasteiger partial charge in [-0.25, -0.2) is 14.2 Å². The van der Waals surface area contributed by atoms with E-state index >= 15 is 0 Å². The lowest BCUT2D eigenvalue weighted by atomic mass is 10.2. The number of hydrogen-bond donors (Lipinski definition) is 0. The first-order valence-electron chi connectivity index (χ1n) is 7.09. The molecule has 2 aromatic rings. The van der Waals surface area contributed by atoms with Crippen LogP contribution in [-0.4, -0.2) is 23.9 Å². The molecular formula is C17H11FN2O5. The average Bonchev–Trinajstić information content (AvgIpc) is 2.97. The van der Waals surface area contributed by atoms with E-state index in [1.54, 1.807) is 0 Å². The minimum atomic E-state index is -0.696. The summed E-state index contributed by atoms with van der Waals surface area (Å²) in [6.07, 6.45) is 1.44. The Morgan fingerprint density at radius 1 is 1.24 bits per heavy atom. The summed E-state index contributed by atoms with van der Waals surface area (Å²) in [4.78, 5) is 26.5. The van der Waals surface area contributed by atoms with Gasteiger partial charge in [0.2, 0.25) is 5.90 Å². The van der Waals surface area contributed by atoms with Crippen LogP contribution in [0, 0.1) is 15.9 Å². The molecule has 1 aliphatic heterocycles. The first kappa shape index (κ1) is 16.3. The monoisotopic (exact) mass is 342 g/mol. The maximum Gasteiger partial charge on any atom is 0.363 e. The Morgan fingerprint density at radius 3 is 2.60 bits per heavy atom. The largest absolute Gasteiger partial charge is 0.490 e. The fourth-order valence-electron chi connectivity index (χ4n) is 2.22. The molecule has 0 saturated heterocycles. The summed E-state index contributed by atoms with van der Waals surface area (Å²) in [6.45, 7) is 0. The molecule has 0 saturated carbocycles. The summed E-state index contributed by atoms with van der Waals surface area (Å²) in [5.74, 6) is -1.06. The molecule has 0 aliphatic carbocycles. The third kappa shape index (κ3) is 3.37. The standard InChI is InChI=1S/C17H11FN2O5/c1-24-15-7-4-11(9-14(15)20(22)23)16-19-13(17(21)25-16)8-10-2-5-12(18)6-3-10/h2-9H,1H3/b13-8-. The second-order valence-corrected chi connectivity index (χ2v) is 5.03. The van der Waals surface area contributed by atoms with Crippen LogP contribution in [0.25, 0.3) is 6.08 Å². The molecule has 0 aromatic heterocycles. The van der Waals surface area contributed by atoms with Crippen molar-refractivity contribution >= 4 is 23.6 Å². The van der Waals surface area contributed by atoms with Gasteiger partial charge in [-0.15, -0.1) is 0 Å². The molecule has 0 atom stereocenters. The van der Waals surface area contributed by atoms with E-state index in [2.05, 4.69) is 4.99 Å². The lowest BCUT2D eigenvalue weighted by Gasteiger charge is -2.03. The highest BCUT2D eigenvalue weighted by atomic mass is 19.1. The summed E-state index contributed by atoms with van der Waals surface area (Å²) in [7, 11) is 1.32. The molecule has 1 aliphatic rings. The fraction of sp³-hybridized carbons (Fsp3) is 0.0588. The Bertz CT molecular complexity index is 919. The third-order valence-electron chi connectivity index (χ3n) is 3.42. The maximum atomic E-state index is 12.9. The van der Waals surface area contributed by atoms with Gasteiger partial charge in [-0.2, -0.15) is 0 Å².